The molecule has 2 amide bonds. The van der Waals surface area contributed by atoms with Crippen molar-refractivity contribution in [1.29, 1.82) is 0 Å². The van der Waals surface area contributed by atoms with Gasteiger partial charge >= 0.3 is 0 Å². The first-order valence-corrected chi connectivity index (χ1v) is 12.8. The van der Waals surface area contributed by atoms with E-state index in [0.29, 0.717) is 18.8 Å². The molecular weight excluding hydrogens is 436 g/mol. The van der Waals surface area contributed by atoms with Crippen LogP contribution in [0.5, 0.6) is 0 Å². The second-order valence-corrected chi connectivity index (χ2v) is 9.50. The minimum Gasteiger partial charge on any atom is -0.374 e. The summed E-state index contributed by atoms with van der Waals surface area (Å²) in [6, 6.07) is 8.21. The number of nitrogens with one attached hydrogen (secondary N) is 2. The second-order valence-electron chi connectivity index (χ2n) is 9.50. The number of halogens is 1. The first kappa shape index (κ1) is 27.6. The van der Waals surface area contributed by atoms with E-state index >= 15 is 0 Å². The Labute approximate surface area is 205 Å². The third-order valence-corrected chi connectivity index (χ3v) is 6.98. The summed E-state index contributed by atoms with van der Waals surface area (Å²) >= 11 is 0. The van der Waals surface area contributed by atoms with Crippen molar-refractivity contribution in [3.63, 3.8) is 0 Å². The molecule has 7 heteroatoms. The van der Waals surface area contributed by atoms with E-state index < -0.39 is 0 Å². The molecule has 2 aliphatic heterocycles. The Bertz CT molecular complexity index is 705. The predicted octanol–water partition coefficient (Wildman–Crippen LogP) is 4.58. The fraction of sp³-hybridized carbons (Fsp3) is 0.692. The zero-order chi connectivity index (χ0) is 22.6. The normalized spacial score (nSPS) is 19.7. The Hall–Kier alpha value is -1.63. The largest absolute Gasteiger partial charge is 0.374 e. The van der Waals surface area contributed by atoms with Gasteiger partial charge in [0.1, 0.15) is 6.04 Å². The molecular formula is C26H43ClN4O2. The maximum absolute atomic E-state index is 11.9. The molecule has 0 radical (unpaired) electrons. The molecule has 2 fully saturated rings. The molecule has 1 atom stereocenters. The first-order chi connectivity index (χ1) is 15.7. The van der Waals surface area contributed by atoms with Gasteiger partial charge in [-0.2, -0.15) is 0 Å². The molecule has 0 aliphatic carbocycles. The monoisotopic (exact) mass is 478 g/mol. The summed E-state index contributed by atoms with van der Waals surface area (Å²) in [5.41, 5.74) is 7.88. The van der Waals surface area contributed by atoms with Gasteiger partial charge in [0.05, 0.1) is 0 Å². The lowest BCUT2D eigenvalue weighted by atomic mass is 9.89. The molecule has 1 unspecified atom stereocenters. The molecule has 0 saturated carbocycles. The second kappa shape index (κ2) is 15.3. The SMILES string of the molecule is Cl.NCCCCCCCCCCN1CCC(c2ccc(NC3CCC(=O)NC3=O)cc2)CC1. The third-order valence-electron chi connectivity index (χ3n) is 6.98. The van der Waals surface area contributed by atoms with Crippen LogP contribution in [-0.4, -0.2) is 48.9 Å². The Balaban J connectivity index is 0.00000385. The summed E-state index contributed by atoms with van der Waals surface area (Å²) in [6.07, 6.45) is 14.0. The summed E-state index contributed by atoms with van der Waals surface area (Å²) < 4.78 is 0. The quantitative estimate of drug-likeness (QED) is 0.285. The van der Waals surface area contributed by atoms with Crippen LogP contribution in [0.25, 0.3) is 0 Å². The van der Waals surface area contributed by atoms with Gasteiger partial charge in [0.25, 0.3) is 0 Å². The van der Waals surface area contributed by atoms with Crippen LogP contribution in [0.4, 0.5) is 5.69 Å². The lowest BCUT2D eigenvalue weighted by Crippen LogP contribution is -2.47. The number of benzene rings is 1. The number of carbonyl (C=O) groups excluding carboxylic acids is 2. The lowest BCUT2D eigenvalue weighted by Gasteiger charge is -2.32. The van der Waals surface area contributed by atoms with Crippen molar-refractivity contribution in [2.45, 2.75) is 89.0 Å². The Morgan fingerprint density at radius 2 is 1.48 bits per heavy atom. The smallest absolute Gasteiger partial charge is 0.249 e. The van der Waals surface area contributed by atoms with Gasteiger partial charge in [0.2, 0.25) is 11.8 Å². The van der Waals surface area contributed by atoms with Crippen LogP contribution in [0.1, 0.15) is 88.5 Å². The molecule has 6 nitrogen and oxygen atoms in total. The van der Waals surface area contributed by atoms with E-state index in [1.54, 1.807) is 0 Å². The summed E-state index contributed by atoms with van der Waals surface area (Å²) in [5, 5.41) is 5.66. The highest BCUT2D eigenvalue weighted by Gasteiger charge is 2.26. The van der Waals surface area contributed by atoms with Crippen molar-refractivity contribution in [3.8, 4) is 0 Å². The number of nitrogens with zero attached hydrogens (tertiary/aromatic N) is 1. The number of amides is 2. The third kappa shape index (κ3) is 9.63. The molecule has 3 rings (SSSR count). The predicted molar refractivity (Wildman–Crippen MR) is 138 cm³/mol. The molecule has 1 aromatic carbocycles. The molecule has 2 aliphatic rings. The molecule has 0 bridgehead atoms. The van der Waals surface area contributed by atoms with E-state index in [9.17, 15) is 9.59 Å². The van der Waals surface area contributed by atoms with Crippen LogP contribution in [0.3, 0.4) is 0 Å². The standard InChI is InChI=1S/C26H42N4O2.ClH/c27-17-7-5-3-1-2-4-6-8-18-30-19-15-22(16-20-30)21-9-11-23(12-10-21)28-24-13-14-25(31)29-26(24)32;/h9-12,22,24,28H,1-8,13-20,27H2,(H,29,31,32);1H. The average Bonchev–Trinajstić information content (AvgIpc) is 2.81. The number of carbonyl (C=O) groups is 2. The molecule has 186 valence electrons. The number of unbranched alkanes of at least 4 members (excludes halogenated alkanes) is 7. The van der Waals surface area contributed by atoms with E-state index in [-0.39, 0.29) is 30.3 Å². The number of nitrogens with two attached hydrogens (primary N) is 1. The van der Waals surface area contributed by atoms with E-state index in [1.807, 2.05) is 0 Å². The fourth-order valence-corrected chi connectivity index (χ4v) is 4.91. The molecule has 2 saturated heterocycles. The summed E-state index contributed by atoms with van der Waals surface area (Å²) in [6.45, 7) is 4.47. The van der Waals surface area contributed by atoms with Crippen molar-refractivity contribution < 1.29 is 9.59 Å². The van der Waals surface area contributed by atoms with Crippen molar-refractivity contribution >= 4 is 29.9 Å². The van der Waals surface area contributed by atoms with Crippen molar-refractivity contribution in [3.05, 3.63) is 29.8 Å². The Kier molecular flexibility index (Phi) is 12.8. The van der Waals surface area contributed by atoms with Crippen LogP contribution in [0.15, 0.2) is 24.3 Å². The molecule has 0 spiro atoms. The van der Waals surface area contributed by atoms with Gasteiger partial charge in [-0.25, -0.2) is 0 Å². The minimum atomic E-state index is -0.321. The van der Waals surface area contributed by atoms with Crippen LogP contribution in [0, 0.1) is 0 Å². The zero-order valence-corrected chi connectivity index (χ0v) is 20.8. The van der Waals surface area contributed by atoms with Gasteiger partial charge < -0.3 is 16.0 Å². The zero-order valence-electron chi connectivity index (χ0n) is 20.0. The van der Waals surface area contributed by atoms with Gasteiger partial charge in [-0.3, -0.25) is 14.9 Å². The maximum Gasteiger partial charge on any atom is 0.249 e. The number of hydrogen-bond donors (Lipinski definition) is 3. The van der Waals surface area contributed by atoms with E-state index in [0.717, 1.165) is 12.2 Å². The molecule has 4 N–H and O–H groups in total. The van der Waals surface area contributed by atoms with Crippen LogP contribution in [-0.2, 0) is 9.59 Å². The highest BCUT2D eigenvalue weighted by atomic mass is 35.5. The summed E-state index contributed by atoms with van der Waals surface area (Å²) in [7, 11) is 0. The summed E-state index contributed by atoms with van der Waals surface area (Å²) in [4.78, 5) is 25.9. The van der Waals surface area contributed by atoms with Gasteiger partial charge in [-0.05, 0) is 81.9 Å². The number of piperidine rings is 2. The molecule has 0 aromatic heterocycles. The topological polar surface area (TPSA) is 87.5 Å². The van der Waals surface area contributed by atoms with Crippen LogP contribution < -0.4 is 16.4 Å². The highest BCUT2D eigenvalue weighted by molar-refractivity contribution is 6.01. The minimum absolute atomic E-state index is 0. The van der Waals surface area contributed by atoms with Crippen LogP contribution >= 0.6 is 12.4 Å². The van der Waals surface area contributed by atoms with Gasteiger partial charge in [-0.1, -0.05) is 50.7 Å². The number of rotatable bonds is 13. The van der Waals surface area contributed by atoms with Crippen molar-refractivity contribution in [1.82, 2.24) is 10.2 Å². The van der Waals surface area contributed by atoms with E-state index in [2.05, 4.69) is 39.8 Å². The fourth-order valence-electron chi connectivity index (χ4n) is 4.91. The number of anilines is 1. The van der Waals surface area contributed by atoms with Crippen molar-refractivity contribution in [2.24, 2.45) is 5.73 Å². The van der Waals surface area contributed by atoms with Gasteiger partial charge in [0, 0.05) is 12.1 Å². The lowest BCUT2D eigenvalue weighted by molar-refractivity contribution is -0.133. The van der Waals surface area contributed by atoms with E-state index in [1.165, 1.54) is 89.4 Å². The van der Waals surface area contributed by atoms with Gasteiger partial charge in [0.15, 0.2) is 0 Å². The number of hydrogen-bond acceptors (Lipinski definition) is 5. The maximum atomic E-state index is 11.9. The first-order valence-electron chi connectivity index (χ1n) is 12.8. The van der Waals surface area contributed by atoms with Gasteiger partial charge in [-0.15, -0.1) is 12.4 Å². The molecule has 2 heterocycles. The van der Waals surface area contributed by atoms with E-state index in [4.69, 9.17) is 5.73 Å². The molecule has 33 heavy (non-hydrogen) atoms. The highest BCUT2D eigenvalue weighted by Crippen LogP contribution is 2.29. The summed E-state index contributed by atoms with van der Waals surface area (Å²) in [5.74, 6) is 0.230. The Morgan fingerprint density at radius 3 is 2.09 bits per heavy atom. The molecule has 1 aromatic rings. The number of likely N-dealkylation sites (tertiary alicyclic amines) is 1. The Morgan fingerprint density at radius 1 is 0.879 bits per heavy atom. The average molecular weight is 479 g/mol. The van der Waals surface area contributed by atoms with Crippen LogP contribution in [0.2, 0.25) is 0 Å². The number of imide groups is 1. The van der Waals surface area contributed by atoms with Crippen molar-refractivity contribution in [2.75, 3.05) is 31.5 Å².